The first-order valence-corrected chi connectivity index (χ1v) is 7.89. The minimum atomic E-state index is -0.446. The topological polar surface area (TPSA) is 26.1 Å². The van der Waals surface area contributed by atoms with Gasteiger partial charge in [0.25, 0.3) is 0 Å². The second kappa shape index (κ2) is 6.54. The van der Waals surface area contributed by atoms with E-state index in [4.69, 9.17) is 11.6 Å². The molecule has 0 bridgehead atoms. The van der Waals surface area contributed by atoms with Gasteiger partial charge >= 0.3 is 0 Å². The van der Waals surface area contributed by atoms with E-state index in [0.29, 0.717) is 0 Å². The van der Waals surface area contributed by atoms with Crippen LogP contribution in [0, 0.1) is 5.21 Å². The predicted molar refractivity (Wildman–Crippen MR) is 90.6 cm³/mol. The summed E-state index contributed by atoms with van der Waals surface area (Å²) in [5, 5.41) is 12.8. The van der Waals surface area contributed by atoms with Crippen molar-refractivity contribution in [1.82, 2.24) is 0 Å². The van der Waals surface area contributed by atoms with Crippen LogP contribution in [0.3, 0.4) is 0 Å². The summed E-state index contributed by atoms with van der Waals surface area (Å²) >= 11 is 7.52. The van der Waals surface area contributed by atoms with Gasteiger partial charge in [0.15, 0.2) is 11.8 Å². The molecule has 0 heterocycles. The van der Waals surface area contributed by atoms with Crippen LogP contribution in [0.4, 0.5) is 0 Å². The Morgan fingerprint density at radius 3 is 2.29 bits per heavy atom. The molecule has 0 aliphatic rings. The first-order chi connectivity index (χ1) is 9.86. The van der Waals surface area contributed by atoms with E-state index in [0.717, 1.165) is 25.1 Å². The van der Waals surface area contributed by atoms with Crippen LogP contribution >= 0.6 is 23.4 Å². The van der Waals surface area contributed by atoms with E-state index in [-0.39, 0.29) is 0 Å². The molecule has 0 aliphatic carbocycles. The predicted octanol–water partition coefficient (Wildman–Crippen LogP) is 5.22. The van der Waals surface area contributed by atoms with Crippen LogP contribution in [0.15, 0.2) is 58.3 Å². The van der Waals surface area contributed by atoms with Gasteiger partial charge in [-0.1, -0.05) is 35.5 Å². The molecule has 2 rings (SSSR count). The van der Waals surface area contributed by atoms with Crippen LogP contribution in [0.5, 0.6) is 0 Å². The molecule has 0 amide bonds. The van der Waals surface area contributed by atoms with E-state index >= 15 is 0 Å². The minimum Gasteiger partial charge on any atom is -0.623 e. The zero-order valence-corrected chi connectivity index (χ0v) is 13.9. The molecule has 21 heavy (non-hydrogen) atoms. The van der Waals surface area contributed by atoms with Crippen molar-refractivity contribution in [2.24, 2.45) is 0 Å². The van der Waals surface area contributed by atoms with Crippen molar-refractivity contribution in [3.8, 4) is 0 Å². The van der Waals surface area contributed by atoms with Gasteiger partial charge in [0.1, 0.15) is 0 Å². The van der Waals surface area contributed by atoms with Gasteiger partial charge < -0.3 is 5.21 Å². The van der Waals surface area contributed by atoms with Crippen LogP contribution in [0.2, 0.25) is 5.02 Å². The zero-order valence-electron chi connectivity index (χ0n) is 12.3. The summed E-state index contributed by atoms with van der Waals surface area (Å²) in [6, 6.07) is 15.6. The van der Waals surface area contributed by atoms with Gasteiger partial charge in [-0.3, -0.25) is 0 Å². The van der Waals surface area contributed by atoms with Gasteiger partial charge in [-0.2, -0.15) is 0 Å². The Morgan fingerprint density at radius 2 is 1.67 bits per heavy atom. The van der Waals surface area contributed by atoms with Gasteiger partial charge in [-0.05, 0) is 36.4 Å². The van der Waals surface area contributed by atoms with Crippen molar-refractivity contribution >= 4 is 29.6 Å². The molecule has 2 nitrogen and oxygen atoms in total. The number of halogens is 1. The molecular weight excluding hydrogens is 302 g/mol. The molecule has 0 aromatic heterocycles. The molecule has 0 N–H and O–H groups in total. The minimum absolute atomic E-state index is 0.446. The third kappa shape index (κ3) is 4.51. The van der Waals surface area contributed by atoms with Gasteiger partial charge in [-0.15, -0.1) is 0 Å². The van der Waals surface area contributed by atoms with E-state index in [9.17, 15) is 5.21 Å². The molecule has 0 saturated carbocycles. The maximum atomic E-state index is 12.1. The Bertz CT molecular complexity index is 645. The molecule has 2 aromatic carbocycles. The summed E-state index contributed by atoms with van der Waals surface area (Å²) in [6.07, 6.45) is 1.65. The normalized spacial score (nSPS) is 12.5. The van der Waals surface area contributed by atoms with Crippen molar-refractivity contribution in [3.63, 3.8) is 0 Å². The summed E-state index contributed by atoms with van der Waals surface area (Å²) in [4.78, 5) is 2.14. The van der Waals surface area contributed by atoms with Crippen LogP contribution in [0.1, 0.15) is 26.3 Å². The maximum Gasteiger partial charge on any atom is 0.183 e. The fourth-order valence-corrected chi connectivity index (χ4v) is 2.67. The first-order valence-electron chi connectivity index (χ1n) is 6.70. The molecule has 0 fully saturated rings. The number of hydrogen-bond donors (Lipinski definition) is 0. The van der Waals surface area contributed by atoms with E-state index < -0.39 is 5.54 Å². The monoisotopic (exact) mass is 319 g/mol. The molecule has 0 radical (unpaired) electrons. The zero-order chi connectivity index (χ0) is 15.5. The Morgan fingerprint density at radius 1 is 1.05 bits per heavy atom. The van der Waals surface area contributed by atoms with E-state index in [1.54, 1.807) is 18.0 Å². The number of hydrogen-bond acceptors (Lipinski definition) is 2. The Labute approximate surface area is 135 Å². The largest absolute Gasteiger partial charge is 0.623 e. The maximum absolute atomic E-state index is 12.1. The van der Waals surface area contributed by atoms with Crippen molar-refractivity contribution in [2.75, 3.05) is 0 Å². The van der Waals surface area contributed by atoms with E-state index in [2.05, 4.69) is 0 Å². The Kier molecular flexibility index (Phi) is 4.96. The van der Waals surface area contributed by atoms with Crippen LogP contribution < -0.4 is 0 Å². The third-order valence-electron chi connectivity index (χ3n) is 2.88. The molecule has 0 spiro atoms. The highest BCUT2D eigenvalue weighted by atomic mass is 35.5. The van der Waals surface area contributed by atoms with Crippen molar-refractivity contribution in [3.05, 3.63) is 64.3 Å². The van der Waals surface area contributed by atoms with Crippen molar-refractivity contribution in [2.45, 2.75) is 36.1 Å². The lowest BCUT2D eigenvalue weighted by atomic mass is 10.1. The number of rotatable bonds is 3. The standard InChI is InChI=1S/C17H18ClNOS/c1-17(2,3)19(20)12-13-6-4-5-7-16(13)21-15-10-8-14(18)9-11-15/h4-12H,1-3H3/b19-12-. The average Bonchev–Trinajstić information content (AvgIpc) is 2.42. The Hall–Kier alpha value is -1.45. The van der Waals surface area contributed by atoms with Gasteiger partial charge in [0.05, 0.1) is 5.56 Å². The van der Waals surface area contributed by atoms with E-state index in [1.807, 2.05) is 69.3 Å². The summed E-state index contributed by atoms with van der Waals surface area (Å²) < 4.78 is 0.994. The summed E-state index contributed by atoms with van der Waals surface area (Å²) in [6.45, 7) is 5.68. The summed E-state index contributed by atoms with van der Waals surface area (Å²) in [5.41, 5.74) is 0.472. The Balaban J connectivity index is 2.31. The lowest BCUT2D eigenvalue weighted by Crippen LogP contribution is -2.29. The second-order valence-electron chi connectivity index (χ2n) is 5.72. The van der Waals surface area contributed by atoms with Gasteiger partial charge in [0, 0.05) is 35.6 Å². The summed E-state index contributed by atoms with van der Waals surface area (Å²) in [7, 11) is 0. The number of nitrogens with zero attached hydrogens (tertiary/aromatic N) is 1. The molecule has 0 saturated heterocycles. The molecule has 110 valence electrons. The molecule has 4 heteroatoms. The van der Waals surface area contributed by atoms with Crippen LogP contribution in [0.25, 0.3) is 0 Å². The first kappa shape index (κ1) is 15.9. The van der Waals surface area contributed by atoms with Crippen LogP contribution in [-0.2, 0) is 0 Å². The number of hydroxylamine groups is 1. The third-order valence-corrected chi connectivity index (χ3v) is 4.23. The van der Waals surface area contributed by atoms with Gasteiger partial charge in [0.2, 0.25) is 0 Å². The lowest BCUT2D eigenvalue weighted by Gasteiger charge is -2.19. The number of benzene rings is 2. The van der Waals surface area contributed by atoms with Crippen LogP contribution in [-0.4, -0.2) is 16.5 Å². The second-order valence-corrected chi connectivity index (χ2v) is 7.27. The average molecular weight is 320 g/mol. The fraction of sp³-hybridized carbons (Fsp3) is 0.235. The highest BCUT2D eigenvalue weighted by molar-refractivity contribution is 7.99. The van der Waals surface area contributed by atoms with Crippen molar-refractivity contribution in [1.29, 1.82) is 0 Å². The molecule has 0 unspecified atom stereocenters. The molecule has 0 aliphatic heterocycles. The van der Waals surface area contributed by atoms with E-state index in [1.165, 1.54) is 0 Å². The fourth-order valence-electron chi connectivity index (χ4n) is 1.63. The molecule has 0 atom stereocenters. The smallest absolute Gasteiger partial charge is 0.183 e. The lowest BCUT2D eigenvalue weighted by molar-refractivity contribution is -0.530. The molecule has 2 aromatic rings. The SMILES string of the molecule is CC(C)(C)/[N+]([O-])=C/c1ccccc1Sc1ccc(Cl)cc1. The summed E-state index contributed by atoms with van der Waals surface area (Å²) in [5.74, 6) is 0. The quantitative estimate of drug-likeness (QED) is 0.335. The molecular formula is C17H18ClNOS. The highest BCUT2D eigenvalue weighted by Crippen LogP contribution is 2.30. The van der Waals surface area contributed by atoms with Gasteiger partial charge in [-0.25, -0.2) is 4.74 Å². The van der Waals surface area contributed by atoms with Crippen molar-refractivity contribution < 1.29 is 4.74 Å². The highest BCUT2D eigenvalue weighted by Gasteiger charge is 2.18.